The molecule has 19 heavy (non-hydrogen) atoms. The van der Waals surface area contributed by atoms with Gasteiger partial charge in [0, 0.05) is 25.1 Å². The van der Waals surface area contributed by atoms with Crippen LogP contribution in [-0.4, -0.2) is 25.7 Å². The molecule has 2 aromatic rings. The number of nitrogens with one attached hydrogen (secondary N) is 1. The predicted molar refractivity (Wildman–Crippen MR) is 74.4 cm³/mol. The van der Waals surface area contributed by atoms with E-state index in [4.69, 9.17) is 9.15 Å². The van der Waals surface area contributed by atoms with Crippen molar-refractivity contribution in [3.63, 3.8) is 0 Å². The highest BCUT2D eigenvalue weighted by molar-refractivity contribution is 5.96. The van der Waals surface area contributed by atoms with Gasteiger partial charge in [0.15, 0.2) is 5.76 Å². The number of fused-ring (bicyclic) bond motifs is 1. The topological polar surface area (TPSA) is 51.5 Å². The van der Waals surface area contributed by atoms with Crippen LogP contribution in [0.2, 0.25) is 0 Å². The molecule has 102 valence electrons. The molecule has 0 aliphatic heterocycles. The molecule has 0 unspecified atom stereocenters. The van der Waals surface area contributed by atoms with E-state index in [-0.39, 0.29) is 5.91 Å². The summed E-state index contributed by atoms with van der Waals surface area (Å²) in [6.07, 6.45) is 0.804. The van der Waals surface area contributed by atoms with Crippen molar-refractivity contribution in [2.24, 2.45) is 0 Å². The molecule has 2 rings (SSSR count). The van der Waals surface area contributed by atoms with Crippen molar-refractivity contribution >= 4 is 16.9 Å². The van der Waals surface area contributed by atoms with Crippen LogP contribution in [0.3, 0.4) is 0 Å². The Labute approximate surface area is 112 Å². The van der Waals surface area contributed by atoms with Gasteiger partial charge in [-0.05, 0) is 38.0 Å². The molecular weight excluding hydrogens is 242 g/mol. The molecular formula is C15H19NO3. The van der Waals surface area contributed by atoms with Gasteiger partial charge in [0.1, 0.15) is 5.58 Å². The Morgan fingerprint density at radius 1 is 1.37 bits per heavy atom. The van der Waals surface area contributed by atoms with Gasteiger partial charge in [0.2, 0.25) is 0 Å². The number of amides is 1. The fourth-order valence-corrected chi connectivity index (χ4v) is 1.86. The molecule has 0 aliphatic carbocycles. The lowest BCUT2D eigenvalue weighted by Gasteiger charge is -2.02. The van der Waals surface area contributed by atoms with Gasteiger partial charge in [-0.15, -0.1) is 0 Å². The van der Waals surface area contributed by atoms with E-state index in [9.17, 15) is 4.79 Å². The molecule has 0 radical (unpaired) electrons. The van der Waals surface area contributed by atoms with E-state index in [1.54, 1.807) is 6.07 Å². The molecule has 1 amide bonds. The van der Waals surface area contributed by atoms with Gasteiger partial charge in [-0.1, -0.05) is 12.1 Å². The Kier molecular flexibility index (Phi) is 4.58. The average molecular weight is 261 g/mol. The quantitative estimate of drug-likeness (QED) is 0.813. The highest BCUT2D eigenvalue weighted by Gasteiger charge is 2.11. The summed E-state index contributed by atoms with van der Waals surface area (Å²) >= 11 is 0. The molecule has 0 aliphatic rings. The minimum absolute atomic E-state index is 0.176. The lowest BCUT2D eigenvalue weighted by Crippen LogP contribution is -2.24. The molecule has 0 saturated carbocycles. The summed E-state index contributed by atoms with van der Waals surface area (Å²) in [5, 5.41) is 3.77. The van der Waals surface area contributed by atoms with Crippen LogP contribution in [0.25, 0.3) is 11.0 Å². The number of ether oxygens (including phenoxy) is 1. The first kappa shape index (κ1) is 13.6. The second-order valence-corrected chi connectivity index (χ2v) is 4.46. The van der Waals surface area contributed by atoms with Gasteiger partial charge >= 0.3 is 0 Å². The molecule has 1 N–H and O–H groups in total. The molecule has 1 aromatic carbocycles. The third-order valence-corrected chi connectivity index (χ3v) is 2.85. The first-order valence-corrected chi connectivity index (χ1v) is 6.57. The Hall–Kier alpha value is -1.81. The van der Waals surface area contributed by atoms with Crippen molar-refractivity contribution in [1.29, 1.82) is 0 Å². The second-order valence-electron chi connectivity index (χ2n) is 4.46. The zero-order valence-electron chi connectivity index (χ0n) is 11.4. The van der Waals surface area contributed by atoms with Crippen LogP contribution in [0.4, 0.5) is 0 Å². The summed E-state index contributed by atoms with van der Waals surface area (Å²) < 4.78 is 10.8. The largest absolute Gasteiger partial charge is 0.451 e. The van der Waals surface area contributed by atoms with E-state index in [0.29, 0.717) is 25.5 Å². The molecule has 0 bridgehead atoms. The average Bonchev–Trinajstić information content (AvgIpc) is 2.81. The normalized spacial score (nSPS) is 10.8. The standard InChI is InChI=1S/C15H19NO3/c1-3-18-8-4-7-16-15(17)14-10-12-6-5-11(2)9-13(12)19-14/h5-6,9-10H,3-4,7-8H2,1-2H3,(H,16,17). The fourth-order valence-electron chi connectivity index (χ4n) is 1.86. The zero-order valence-corrected chi connectivity index (χ0v) is 11.4. The predicted octanol–water partition coefficient (Wildman–Crippen LogP) is 2.90. The van der Waals surface area contributed by atoms with Gasteiger partial charge in [-0.2, -0.15) is 0 Å². The molecule has 4 heteroatoms. The molecule has 4 nitrogen and oxygen atoms in total. The summed E-state index contributed by atoms with van der Waals surface area (Å²) in [4.78, 5) is 11.9. The van der Waals surface area contributed by atoms with Crippen molar-refractivity contribution in [2.45, 2.75) is 20.3 Å². The highest BCUT2D eigenvalue weighted by atomic mass is 16.5. The Morgan fingerprint density at radius 3 is 3.00 bits per heavy atom. The van der Waals surface area contributed by atoms with Crippen molar-refractivity contribution in [3.05, 3.63) is 35.6 Å². The first-order chi connectivity index (χ1) is 9.20. The van der Waals surface area contributed by atoms with E-state index in [1.165, 1.54) is 0 Å². The number of carbonyl (C=O) groups excluding carboxylic acids is 1. The van der Waals surface area contributed by atoms with Gasteiger partial charge in [-0.25, -0.2) is 0 Å². The number of hydrogen-bond acceptors (Lipinski definition) is 3. The van der Waals surface area contributed by atoms with Gasteiger partial charge in [0.05, 0.1) is 0 Å². The van der Waals surface area contributed by atoms with Crippen LogP contribution in [-0.2, 0) is 4.74 Å². The van der Waals surface area contributed by atoms with Crippen LogP contribution in [0.15, 0.2) is 28.7 Å². The van der Waals surface area contributed by atoms with E-state index in [1.807, 2.05) is 32.0 Å². The summed E-state index contributed by atoms with van der Waals surface area (Å²) in [6.45, 7) is 5.91. The van der Waals surface area contributed by atoms with Crippen molar-refractivity contribution in [2.75, 3.05) is 19.8 Å². The Morgan fingerprint density at radius 2 is 2.21 bits per heavy atom. The van der Waals surface area contributed by atoms with Gasteiger partial charge in [0.25, 0.3) is 5.91 Å². The Bertz CT molecular complexity index is 560. The summed E-state index contributed by atoms with van der Waals surface area (Å²) in [5.41, 5.74) is 1.87. The first-order valence-electron chi connectivity index (χ1n) is 6.57. The number of hydrogen-bond donors (Lipinski definition) is 1. The van der Waals surface area contributed by atoms with Crippen LogP contribution >= 0.6 is 0 Å². The van der Waals surface area contributed by atoms with Crippen LogP contribution in [0, 0.1) is 6.92 Å². The van der Waals surface area contributed by atoms with Gasteiger partial charge in [-0.3, -0.25) is 4.79 Å². The van der Waals surface area contributed by atoms with Gasteiger partial charge < -0.3 is 14.5 Å². The highest BCUT2D eigenvalue weighted by Crippen LogP contribution is 2.20. The van der Waals surface area contributed by atoms with E-state index in [2.05, 4.69) is 5.32 Å². The van der Waals surface area contributed by atoms with E-state index < -0.39 is 0 Å². The molecule has 1 aromatic heterocycles. The lowest BCUT2D eigenvalue weighted by molar-refractivity contribution is 0.0919. The van der Waals surface area contributed by atoms with Crippen molar-refractivity contribution in [3.8, 4) is 0 Å². The third-order valence-electron chi connectivity index (χ3n) is 2.85. The third kappa shape index (κ3) is 3.58. The number of rotatable bonds is 6. The van der Waals surface area contributed by atoms with E-state index >= 15 is 0 Å². The number of carbonyl (C=O) groups is 1. The number of furan rings is 1. The van der Waals surface area contributed by atoms with E-state index in [0.717, 1.165) is 23.0 Å². The molecule has 0 fully saturated rings. The smallest absolute Gasteiger partial charge is 0.287 e. The van der Waals surface area contributed by atoms with Crippen molar-refractivity contribution in [1.82, 2.24) is 5.32 Å². The van der Waals surface area contributed by atoms with Crippen LogP contribution < -0.4 is 5.32 Å². The molecule has 0 spiro atoms. The maximum atomic E-state index is 11.9. The second kappa shape index (κ2) is 6.38. The summed E-state index contributed by atoms with van der Waals surface area (Å²) in [5.74, 6) is 0.183. The molecule has 0 atom stereocenters. The lowest BCUT2D eigenvalue weighted by atomic mass is 10.2. The minimum Gasteiger partial charge on any atom is -0.451 e. The zero-order chi connectivity index (χ0) is 13.7. The minimum atomic E-state index is -0.176. The maximum absolute atomic E-state index is 11.9. The Balaban J connectivity index is 1.94. The molecule has 1 heterocycles. The number of benzene rings is 1. The monoisotopic (exact) mass is 261 g/mol. The SMILES string of the molecule is CCOCCCNC(=O)c1cc2ccc(C)cc2o1. The summed E-state index contributed by atoms with van der Waals surface area (Å²) in [7, 11) is 0. The molecule has 0 saturated heterocycles. The van der Waals surface area contributed by atoms with Crippen LogP contribution in [0.1, 0.15) is 29.5 Å². The number of aryl methyl sites for hydroxylation is 1. The van der Waals surface area contributed by atoms with Crippen molar-refractivity contribution < 1.29 is 13.9 Å². The van der Waals surface area contributed by atoms with Crippen LogP contribution in [0.5, 0.6) is 0 Å². The maximum Gasteiger partial charge on any atom is 0.287 e. The fraction of sp³-hybridized carbons (Fsp3) is 0.400. The summed E-state index contributed by atoms with van der Waals surface area (Å²) in [6, 6.07) is 7.66.